The van der Waals surface area contributed by atoms with Crippen LogP contribution in [0.25, 0.3) is 0 Å². The fourth-order valence-corrected chi connectivity index (χ4v) is 1.12. The SMILES string of the molecule is Cc1cc(F)ccc1[C@H](O)C(F)(F)F. The van der Waals surface area contributed by atoms with Gasteiger partial charge < -0.3 is 5.11 Å². The van der Waals surface area contributed by atoms with Crippen molar-refractivity contribution < 1.29 is 22.7 Å². The van der Waals surface area contributed by atoms with Crippen molar-refractivity contribution in [2.24, 2.45) is 0 Å². The summed E-state index contributed by atoms with van der Waals surface area (Å²) >= 11 is 0. The Labute approximate surface area is 78.0 Å². The van der Waals surface area contributed by atoms with Crippen LogP contribution in [-0.4, -0.2) is 11.3 Å². The van der Waals surface area contributed by atoms with Crippen LogP contribution in [0.3, 0.4) is 0 Å². The Bertz CT molecular complexity index is 332. The summed E-state index contributed by atoms with van der Waals surface area (Å²) in [5, 5.41) is 8.88. The van der Waals surface area contributed by atoms with Crippen molar-refractivity contribution in [2.45, 2.75) is 19.2 Å². The number of rotatable bonds is 1. The molecule has 0 bridgehead atoms. The second-order valence-electron chi connectivity index (χ2n) is 2.95. The van der Waals surface area contributed by atoms with E-state index < -0.39 is 18.1 Å². The normalized spacial score (nSPS) is 14.1. The summed E-state index contributed by atoms with van der Waals surface area (Å²) in [6.45, 7) is 1.31. The van der Waals surface area contributed by atoms with Gasteiger partial charge in [0.2, 0.25) is 0 Å². The van der Waals surface area contributed by atoms with Crippen molar-refractivity contribution in [1.29, 1.82) is 0 Å². The Morgan fingerprint density at radius 3 is 2.29 bits per heavy atom. The third-order valence-electron chi connectivity index (χ3n) is 1.84. The lowest BCUT2D eigenvalue weighted by atomic mass is 10.0. The first-order valence-corrected chi connectivity index (χ1v) is 3.83. The van der Waals surface area contributed by atoms with E-state index in [0.29, 0.717) is 0 Å². The predicted molar refractivity (Wildman–Crippen MR) is 42.2 cm³/mol. The lowest BCUT2D eigenvalue weighted by Gasteiger charge is -2.16. The minimum atomic E-state index is -4.72. The highest BCUT2D eigenvalue weighted by Gasteiger charge is 2.39. The van der Waals surface area contributed by atoms with Gasteiger partial charge in [0.1, 0.15) is 5.82 Å². The van der Waals surface area contributed by atoms with Crippen LogP contribution < -0.4 is 0 Å². The standard InChI is InChI=1S/C9H8F4O/c1-5-4-6(10)2-3-7(5)8(14)9(11,12)13/h2-4,8,14H,1H3/t8-/m0/s1. The maximum atomic E-state index is 12.5. The minimum absolute atomic E-state index is 0.0785. The molecule has 0 aromatic heterocycles. The molecule has 0 aliphatic rings. The van der Waals surface area contributed by atoms with Crippen molar-refractivity contribution in [1.82, 2.24) is 0 Å². The van der Waals surface area contributed by atoms with E-state index in [1.54, 1.807) is 0 Å². The summed E-state index contributed by atoms with van der Waals surface area (Å²) in [5.41, 5.74) is -0.242. The summed E-state index contributed by atoms with van der Waals surface area (Å²) in [6.07, 6.45) is -7.27. The predicted octanol–water partition coefficient (Wildman–Crippen LogP) is 2.73. The molecule has 0 saturated heterocycles. The average molecular weight is 208 g/mol. The van der Waals surface area contributed by atoms with Crippen LogP contribution >= 0.6 is 0 Å². The summed E-state index contributed by atoms with van der Waals surface area (Å²) in [6, 6.07) is 2.77. The highest BCUT2D eigenvalue weighted by Crippen LogP contribution is 2.33. The zero-order valence-electron chi connectivity index (χ0n) is 7.27. The number of hydrogen-bond acceptors (Lipinski definition) is 1. The van der Waals surface area contributed by atoms with Crippen LogP contribution in [0.1, 0.15) is 17.2 Å². The Hall–Kier alpha value is -1.10. The molecule has 0 saturated carbocycles. The largest absolute Gasteiger partial charge is 0.418 e. The molecule has 78 valence electrons. The van der Waals surface area contributed by atoms with Gasteiger partial charge in [-0.15, -0.1) is 0 Å². The van der Waals surface area contributed by atoms with E-state index in [0.717, 1.165) is 18.2 Å². The molecule has 1 aromatic carbocycles. The quantitative estimate of drug-likeness (QED) is 0.703. The summed E-state index contributed by atoms with van der Waals surface area (Å²) in [7, 11) is 0. The van der Waals surface area contributed by atoms with Gasteiger partial charge in [-0.05, 0) is 30.2 Å². The molecule has 0 radical (unpaired) electrons. The number of halogens is 4. The summed E-state index contributed by atoms with van der Waals surface area (Å²) in [5.74, 6) is -0.624. The van der Waals surface area contributed by atoms with Crippen molar-refractivity contribution in [3.63, 3.8) is 0 Å². The first-order chi connectivity index (χ1) is 6.32. The zero-order valence-corrected chi connectivity index (χ0v) is 7.27. The lowest BCUT2D eigenvalue weighted by molar-refractivity contribution is -0.207. The molecule has 1 aromatic rings. The van der Waals surface area contributed by atoms with Crippen molar-refractivity contribution in [2.75, 3.05) is 0 Å². The molecule has 1 rings (SSSR count). The van der Waals surface area contributed by atoms with Gasteiger partial charge in [0, 0.05) is 0 Å². The molecule has 0 amide bonds. The molecule has 14 heavy (non-hydrogen) atoms. The molecule has 0 aliphatic heterocycles. The number of aryl methyl sites for hydroxylation is 1. The molecule has 0 spiro atoms. The van der Waals surface area contributed by atoms with Crippen LogP contribution in [0.15, 0.2) is 18.2 Å². The second kappa shape index (κ2) is 3.57. The summed E-state index contributed by atoms with van der Waals surface area (Å²) < 4.78 is 48.8. The van der Waals surface area contributed by atoms with Gasteiger partial charge in [-0.25, -0.2) is 4.39 Å². The van der Waals surface area contributed by atoms with Crippen LogP contribution in [-0.2, 0) is 0 Å². The van der Waals surface area contributed by atoms with E-state index in [1.807, 2.05) is 0 Å². The average Bonchev–Trinajstić information content (AvgIpc) is 2.01. The molecule has 0 heterocycles. The van der Waals surface area contributed by atoms with E-state index in [2.05, 4.69) is 0 Å². The third kappa shape index (κ3) is 2.23. The van der Waals surface area contributed by atoms with Crippen LogP contribution in [0, 0.1) is 12.7 Å². The number of aliphatic hydroxyl groups is 1. The highest BCUT2D eigenvalue weighted by molar-refractivity contribution is 5.29. The topological polar surface area (TPSA) is 20.2 Å². The van der Waals surface area contributed by atoms with Gasteiger partial charge in [-0.2, -0.15) is 13.2 Å². The Kier molecular flexibility index (Phi) is 2.80. The van der Waals surface area contributed by atoms with Crippen LogP contribution in [0.2, 0.25) is 0 Å². The van der Waals surface area contributed by atoms with Gasteiger partial charge in [-0.1, -0.05) is 6.07 Å². The van der Waals surface area contributed by atoms with E-state index >= 15 is 0 Å². The maximum absolute atomic E-state index is 12.5. The number of aliphatic hydroxyl groups excluding tert-OH is 1. The van der Waals surface area contributed by atoms with Crippen molar-refractivity contribution in [3.05, 3.63) is 35.1 Å². The Morgan fingerprint density at radius 2 is 1.86 bits per heavy atom. The molecular formula is C9H8F4O. The fraction of sp³-hybridized carbons (Fsp3) is 0.333. The van der Waals surface area contributed by atoms with Crippen molar-refractivity contribution in [3.8, 4) is 0 Å². The molecule has 0 aliphatic carbocycles. The second-order valence-corrected chi connectivity index (χ2v) is 2.95. The monoisotopic (exact) mass is 208 g/mol. The maximum Gasteiger partial charge on any atom is 0.418 e. The molecule has 1 nitrogen and oxygen atoms in total. The van der Waals surface area contributed by atoms with Gasteiger partial charge in [0.25, 0.3) is 0 Å². The van der Waals surface area contributed by atoms with Gasteiger partial charge in [-0.3, -0.25) is 0 Å². The van der Waals surface area contributed by atoms with E-state index in [1.165, 1.54) is 6.92 Å². The van der Waals surface area contributed by atoms with Gasteiger partial charge in [0.05, 0.1) is 0 Å². The first kappa shape index (κ1) is 11.0. The van der Waals surface area contributed by atoms with E-state index in [-0.39, 0.29) is 11.1 Å². The lowest BCUT2D eigenvalue weighted by Crippen LogP contribution is -2.21. The Balaban J connectivity index is 3.08. The molecule has 0 unspecified atom stereocenters. The molecule has 0 fully saturated rings. The van der Waals surface area contributed by atoms with E-state index in [4.69, 9.17) is 5.11 Å². The number of alkyl halides is 3. The van der Waals surface area contributed by atoms with Crippen molar-refractivity contribution >= 4 is 0 Å². The van der Waals surface area contributed by atoms with Crippen LogP contribution in [0.5, 0.6) is 0 Å². The minimum Gasteiger partial charge on any atom is -0.379 e. The molecular weight excluding hydrogens is 200 g/mol. The summed E-state index contributed by atoms with van der Waals surface area (Å²) in [4.78, 5) is 0. The van der Waals surface area contributed by atoms with Crippen LogP contribution in [0.4, 0.5) is 17.6 Å². The van der Waals surface area contributed by atoms with Gasteiger partial charge in [0.15, 0.2) is 6.10 Å². The molecule has 1 atom stereocenters. The fourth-order valence-electron chi connectivity index (χ4n) is 1.12. The first-order valence-electron chi connectivity index (χ1n) is 3.83. The molecule has 5 heteroatoms. The number of benzene rings is 1. The highest BCUT2D eigenvalue weighted by atomic mass is 19.4. The molecule has 1 N–H and O–H groups in total. The zero-order chi connectivity index (χ0) is 10.9. The number of hydrogen-bond donors (Lipinski definition) is 1. The van der Waals surface area contributed by atoms with Gasteiger partial charge >= 0.3 is 6.18 Å². The van der Waals surface area contributed by atoms with E-state index in [9.17, 15) is 17.6 Å². The smallest absolute Gasteiger partial charge is 0.379 e. The third-order valence-corrected chi connectivity index (χ3v) is 1.84. The Morgan fingerprint density at radius 1 is 1.29 bits per heavy atom.